The number of phenols is 1. The highest BCUT2D eigenvalue weighted by Crippen LogP contribution is 2.53. The van der Waals surface area contributed by atoms with Crippen molar-refractivity contribution in [2.75, 3.05) is 19.8 Å². The first kappa shape index (κ1) is 24.5. The van der Waals surface area contributed by atoms with E-state index in [1.54, 1.807) is 44.4 Å². The van der Waals surface area contributed by atoms with E-state index in [1.807, 2.05) is 0 Å². The van der Waals surface area contributed by atoms with Crippen molar-refractivity contribution in [1.29, 1.82) is 0 Å². The summed E-state index contributed by atoms with van der Waals surface area (Å²) in [7, 11) is 3.12. The maximum atomic E-state index is 13.9. The van der Waals surface area contributed by atoms with Crippen LogP contribution in [0.25, 0.3) is 16.9 Å². The second-order valence-corrected chi connectivity index (χ2v) is 10.1. The lowest BCUT2D eigenvalue weighted by atomic mass is 9.57. The fourth-order valence-corrected chi connectivity index (χ4v) is 6.18. The Morgan fingerprint density at radius 2 is 1.70 bits per heavy atom. The third kappa shape index (κ3) is 3.29. The second-order valence-electron chi connectivity index (χ2n) is 10.1. The molecule has 3 aliphatic carbocycles. The number of phenolic OH excluding ortho intramolecular Hbond substituents is 1. The van der Waals surface area contributed by atoms with Crippen LogP contribution in [0.5, 0.6) is 5.75 Å². The molecule has 1 saturated carbocycles. The minimum Gasteiger partial charge on any atom is -0.508 e. The first-order valence-corrected chi connectivity index (χ1v) is 11.7. The number of nitrogen functional groups attached to an aromatic ring is 1. The summed E-state index contributed by atoms with van der Waals surface area (Å²) in [5.41, 5.74) is 10.2. The number of fused-ring (bicyclic) bond motifs is 3. The fourth-order valence-electron chi connectivity index (χ4n) is 6.18. The Morgan fingerprint density at radius 1 is 1.05 bits per heavy atom. The van der Waals surface area contributed by atoms with Gasteiger partial charge >= 0.3 is 0 Å². The molecule has 0 aromatic heterocycles. The topological polar surface area (TPSA) is 187 Å². The van der Waals surface area contributed by atoms with Crippen molar-refractivity contribution in [3.63, 3.8) is 0 Å². The molecule has 5 rings (SSSR count). The first-order chi connectivity index (χ1) is 17.4. The SMILES string of the molecule is CN(C)[C@H]1C(=O)C(C(N)=O)=C(O)[C@]2(O)C(=O)C3=C(O)c4c(O)ccc(-c5ccc(N)cc5)c4C[C@@H]3C[C@H]12. The zero-order valence-corrected chi connectivity index (χ0v) is 20.2. The van der Waals surface area contributed by atoms with Crippen LogP contribution in [0.2, 0.25) is 0 Å². The Balaban J connectivity index is 1.74. The van der Waals surface area contributed by atoms with Gasteiger partial charge in [0.1, 0.15) is 22.8 Å². The van der Waals surface area contributed by atoms with Gasteiger partial charge in [-0.3, -0.25) is 19.3 Å². The van der Waals surface area contributed by atoms with E-state index in [1.165, 1.54) is 11.0 Å². The summed E-state index contributed by atoms with van der Waals surface area (Å²) in [4.78, 5) is 40.5. The highest BCUT2D eigenvalue weighted by Gasteiger charge is 2.64. The number of hydrogen-bond acceptors (Lipinski definition) is 9. The lowest BCUT2D eigenvalue weighted by Gasteiger charge is -2.50. The molecule has 192 valence electrons. The number of nitrogens with two attached hydrogens (primary N) is 2. The van der Waals surface area contributed by atoms with Crippen LogP contribution in [-0.4, -0.2) is 68.5 Å². The van der Waals surface area contributed by atoms with Gasteiger partial charge in [0.25, 0.3) is 5.91 Å². The molecule has 2 aromatic carbocycles. The molecule has 10 heteroatoms. The number of benzene rings is 2. The monoisotopic (exact) mass is 505 g/mol. The first-order valence-electron chi connectivity index (χ1n) is 11.7. The number of Topliss-reactive ketones (excluding diaryl/α,β-unsaturated/α-hetero) is 2. The molecule has 4 atom stereocenters. The van der Waals surface area contributed by atoms with Gasteiger partial charge in [0.05, 0.1) is 11.6 Å². The maximum Gasteiger partial charge on any atom is 0.255 e. The van der Waals surface area contributed by atoms with Gasteiger partial charge in [0.15, 0.2) is 11.4 Å². The third-order valence-electron chi connectivity index (χ3n) is 7.83. The van der Waals surface area contributed by atoms with Gasteiger partial charge < -0.3 is 31.9 Å². The molecule has 0 spiro atoms. The van der Waals surface area contributed by atoms with Crippen LogP contribution in [0.3, 0.4) is 0 Å². The fraction of sp³-hybridized carbons (Fsp3) is 0.296. The molecular weight excluding hydrogens is 478 g/mol. The van der Waals surface area contributed by atoms with Crippen molar-refractivity contribution in [2.45, 2.75) is 24.5 Å². The van der Waals surface area contributed by atoms with E-state index in [0.29, 0.717) is 16.8 Å². The van der Waals surface area contributed by atoms with Gasteiger partial charge in [-0.05, 0) is 67.7 Å². The van der Waals surface area contributed by atoms with Crippen LogP contribution in [0, 0.1) is 11.8 Å². The van der Waals surface area contributed by atoms with Gasteiger partial charge in [-0.2, -0.15) is 0 Å². The van der Waals surface area contributed by atoms with Crippen LogP contribution >= 0.6 is 0 Å². The molecule has 0 heterocycles. The predicted octanol–water partition coefficient (Wildman–Crippen LogP) is 1.21. The highest BCUT2D eigenvalue weighted by atomic mass is 16.3. The van der Waals surface area contributed by atoms with Gasteiger partial charge in [0.2, 0.25) is 5.78 Å². The smallest absolute Gasteiger partial charge is 0.255 e. The standard InChI is InChI=1S/C27H27N3O7/c1-30(2)21-16-10-12-9-15-14(11-3-5-13(28)6-4-11)7-8-17(31)19(15)22(32)18(12)24(34)27(16,37)25(35)20(23(21)33)26(29)36/h3-8,12,16,21,31-32,35,37H,9-10,28H2,1-2H3,(H2,29,36)/t12-,16-,21-,27-/m1/s1. The Labute approximate surface area is 212 Å². The number of rotatable bonds is 3. The Hall–Kier alpha value is -4.15. The molecule has 10 nitrogen and oxygen atoms in total. The minimum absolute atomic E-state index is 0.0304. The summed E-state index contributed by atoms with van der Waals surface area (Å²) >= 11 is 0. The maximum absolute atomic E-state index is 13.9. The number of carbonyl (C=O) groups excluding carboxylic acids is 3. The zero-order chi connectivity index (χ0) is 27.0. The van der Waals surface area contributed by atoms with E-state index in [9.17, 15) is 34.8 Å². The number of carbonyl (C=O) groups is 3. The highest BCUT2D eigenvalue weighted by molar-refractivity contribution is 6.24. The van der Waals surface area contributed by atoms with E-state index >= 15 is 0 Å². The molecule has 0 saturated heterocycles. The van der Waals surface area contributed by atoms with Crippen LogP contribution in [0.1, 0.15) is 17.5 Å². The van der Waals surface area contributed by atoms with Crippen molar-refractivity contribution in [3.05, 3.63) is 64.4 Å². The molecular formula is C27H27N3O7. The van der Waals surface area contributed by atoms with Crippen LogP contribution in [-0.2, 0) is 20.8 Å². The summed E-state index contributed by atoms with van der Waals surface area (Å²) in [6.45, 7) is 0. The van der Waals surface area contributed by atoms with Crippen LogP contribution in [0.15, 0.2) is 53.3 Å². The minimum atomic E-state index is -2.66. The number of aliphatic hydroxyl groups is 3. The molecule has 0 aliphatic heterocycles. The summed E-state index contributed by atoms with van der Waals surface area (Å²) in [5, 5.41) is 44.5. The molecule has 2 aromatic rings. The average molecular weight is 506 g/mol. The second kappa shape index (κ2) is 8.19. The van der Waals surface area contributed by atoms with Gasteiger partial charge in [-0.15, -0.1) is 0 Å². The van der Waals surface area contributed by atoms with E-state index in [0.717, 1.165) is 5.56 Å². The number of primary amides is 1. The molecule has 0 unspecified atom stereocenters. The average Bonchev–Trinajstić information content (AvgIpc) is 2.82. The molecule has 37 heavy (non-hydrogen) atoms. The van der Waals surface area contributed by atoms with Gasteiger partial charge in [0, 0.05) is 17.2 Å². The number of amides is 1. The number of likely N-dealkylation sites (N-methyl/N-ethyl adjacent to an activating group) is 1. The van der Waals surface area contributed by atoms with Crippen molar-refractivity contribution in [1.82, 2.24) is 4.90 Å². The number of aromatic hydroxyl groups is 1. The normalized spacial score (nSPS) is 27.2. The largest absolute Gasteiger partial charge is 0.508 e. The lowest BCUT2D eigenvalue weighted by molar-refractivity contribution is -0.153. The number of anilines is 1. The third-order valence-corrected chi connectivity index (χ3v) is 7.83. The Kier molecular flexibility index (Phi) is 5.43. The van der Waals surface area contributed by atoms with Crippen molar-refractivity contribution < 1.29 is 34.8 Å². The summed E-state index contributed by atoms with van der Waals surface area (Å²) in [6, 6.07) is 9.04. The summed E-state index contributed by atoms with van der Waals surface area (Å²) in [6.07, 6.45) is 0.241. The molecule has 0 bridgehead atoms. The molecule has 8 N–H and O–H groups in total. The molecule has 0 radical (unpaired) electrons. The Bertz CT molecular complexity index is 1440. The number of nitrogens with zero attached hydrogens (tertiary/aromatic N) is 1. The van der Waals surface area contributed by atoms with E-state index in [-0.39, 0.29) is 29.7 Å². The number of aliphatic hydroxyl groups excluding tert-OH is 2. The van der Waals surface area contributed by atoms with Crippen LogP contribution in [0.4, 0.5) is 5.69 Å². The van der Waals surface area contributed by atoms with E-state index in [4.69, 9.17) is 11.5 Å². The lowest BCUT2D eigenvalue weighted by Crippen LogP contribution is -2.65. The summed E-state index contributed by atoms with van der Waals surface area (Å²) in [5.74, 6) is -6.75. The molecule has 3 aliphatic rings. The van der Waals surface area contributed by atoms with Crippen molar-refractivity contribution in [3.8, 4) is 16.9 Å². The quantitative estimate of drug-likeness (QED) is 0.263. The van der Waals surface area contributed by atoms with Crippen molar-refractivity contribution >= 4 is 28.9 Å². The summed E-state index contributed by atoms with van der Waals surface area (Å²) < 4.78 is 0. The zero-order valence-electron chi connectivity index (χ0n) is 20.2. The number of hydrogen-bond donors (Lipinski definition) is 6. The predicted molar refractivity (Wildman–Crippen MR) is 134 cm³/mol. The van der Waals surface area contributed by atoms with E-state index < -0.39 is 58.0 Å². The van der Waals surface area contributed by atoms with Gasteiger partial charge in [-0.25, -0.2) is 0 Å². The Morgan fingerprint density at radius 3 is 2.30 bits per heavy atom. The van der Waals surface area contributed by atoms with Gasteiger partial charge in [-0.1, -0.05) is 18.2 Å². The van der Waals surface area contributed by atoms with E-state index in [2.05, 4.69) is 0 Å². The molecule has 1 fully saturated rings. The number of ketones is 2. The van der Waals surface area contributed by atoms with Crippen LogP contribution < -0.4 is 11.5 Å². The van der Waals surface area contributed by atoms with Crippen molar-refractivity contribution in [2.24, 2.45) is 17.6 Å². The molecule has 1 amide bonds.